The van der Waals surface area contributed by atoms with Gasteiger partial charge in [0.05, 0.1) is 11.0 Å². The van der Waals surface area contributed by atoms with Crippen molar-refractivity contribution in [3.05, 3.63) is 41.3 Å². The third kappa shape index (κ3) is 2.10. The number of hydrogen-bond donors (Lipinski definition) is 0. The van der Waals surface area contributed by atoms with E-state index < -0.39 is 0 Å². The normalized spacial score (nSPS) is 12.8. The zero-order valence-electron chi connectivity index (χ0n) is 10.7. The fourth-order valence-corrected chi connectivity index (χ4v) is 2.21. The van der Waals surface area contributed by atoms with Crippen molar-refractivity contribution in [2.45, 2.75) is 20.4 Å². The van der Waals surface area contributed by atoms with Gasteiger partial charge in [-0.25, -0.2) is 4.79 Å². The van der Waals surface area contributed by atoms with Gasteiger partial charge in [-0.05, 0) is 25.0 Å². The minimum absolute atomic E-state index is 0.0410. The van der Waals surface area contributed by atoms with Crippen LogP contribution in [0.1, 0.15) is 13.8 Å². The summed E-state index contributed by atoms with van der Waals surface area (Å²) in [6.45, 7) is 8.37. The van der Waals surface area contributed by atoms with Crippen LogP contribution in [0.5, 0.6) is 0 Å². The summed E-state index contributed by atoms with van der Waals surface area (Å²) < 4.78 is 3.42. The fraction of sp³-hybridized carbons (Fsp3) is 0.357. The lowest BCUT2D eigenvalue weighted by Gasteiger charge is -2.08. The summed E-state index contributed by atoms with van der Waals surface area (Å²) in [5.41, 5.74) is 2.52. The zero-order chi connectivity index (χ0) is 13.3. The Bertz CT molecular complexity index is 639. The van der Waals surface area contributed by atoms with Gasteiger partial charge in [0.15, 0.2) is 0 Å². The van der Waals surface area contributed by atoms with Gasteiger partial charge in [-0.15, -0.1) is 11.6 Å². The standard InChI is InChI=1S/C14H17ClN2O/c1-10(2)17-13-7-5-4-6-12(13)16(14(17)18)9-11(3)8-15/h4-7,11H,1,8-9H2,2-3H3. The van der Waals surface area contributed by atoms with E-state index in [4.69, 9.17) is 11.6 Å². The van der Waals surface area contributed by atoms with Crippen LogP contribution in [0.25, 0.3) is 16.7 Å². The molecule has 1 unspecified atom stereocenters. The molecule has 18 heavy (non-hydrogen) atoms. The van der Waals surface area contributed by atoms with Gasteiger partial charge in [-0.1, -0.05) is 25.6 Å². The smallest absolute Gasteiger partial charge is 0.291 e. The number of imidazole rings is 1. The highest BCUT2D eigenvalue weighted by atomic mass is 35.5. The fourth-order valence-electron chi connectivity index (χ4n) is 2.11. The van der Waals surface area contributed by atoms with Crippen LogP contribution in [0.4, 0.5) is 0 Å². The molecule has 0 amide bonds. The molecule has 0 aliphatic rings. The molecule has 2 rings (SSSR count). The maximum Gasteiger partial charge on any atom is 0.333 e. The number of benzene rings is 1. The molecule has 0 radical (unpaired) electrons. The second kappa shape index (κ2) is 5.02. The van der Waals surface area contributed by atoms with Crippen LogP contribution in [-0.2, 0) is 6.54 Å². The summed E-state index contributed by atoms with van der Waals surface area (Å²) in [5, 5.41) is 0. The third-order valence-corrected chi connectivity index (χ3v) is 3.50. The van der Waals surface area contributed by atoms with Crippen LogP contribution in [0.15, 0.2) is 35.6 Å². The van der Waals surface area contributed by atoms with Crippen LogP contribution in [0.2, 0.25) is 0 Å². The molecule has 0 aliphatic carbocycles. The van der Waals surface area contributed by atoms with Gasteiger partial charge in [0.2, 0.25) is 0 Å². The first-order valence-electron chi connectivity index (χ1n) is 5.98. The minimum Gasteiger partial charge on any atom is -0.291 e. The number of halogens is 1. The van der Waals surface area contributed by atoms with E-state index in [9.17, 15) is 4.79 Å². The second-order valence-electron chi connectivity index (χ2n) is 4.71. The lowest BCUT2D eigenvalue weighted by atomic mass is 10.2. The molecule has 1 heterocycles. The van der Waals surface area contributed by atoms with E-state index in [1.807, 2.05) is 38.1 Å². The predicted octanol–water partition coefficient (Wildman–Crippen LogP) is 3.17. The summed E-state index contributed by atoms with van der Waals surface area (Å²) in [6.07, 6.45) is 0. The molecule has 3 nitrogen and oxygen atoms in total. The number of fused-ring (bicyclic) bond motifs is 1. The number of alkyl halides is 1. The Balaban J connectivity index is 2.70. The Morgan fingerprint density at radius 3 is 2.56 bits per heavy atom. The monoisotopic (exact) mass is 264 g/mol. The van der Waals surface area contributed by atoms with Crippen LogP contribution in [0, 0.1) is 5.92 Å². The van der Waals surface area contributed by atoms with Crippen molar-refractivity contribution in [2.24, 2.45) is 5.92 Å². The van der Waals surface area contributed by atoms with Gasteiger partial charge >= 0.3 is 5.69 Å². The first-order valence-corrected chi connectivity index (χ1v) is 6.51. The molecule has 2 aromatic rings. The second-order valence-corrected chi connectivity index (χ2v) is 5.02. The van der Waals surface area contributed by atoms with Crippen LogP contribution in [0.3, 0.4) is 0 Å². The number of allylic oxidation sites excluding steroid dienone is 1. The molecule has 96 valence electrons. The lowest BCUT2D eigenvalue weighted by molar-refractivity contribution is 0.524. The Morgan fingerprint density at radius 1 is 1.39 bits per heavy atom. The van der Waals surface area contributed by atoms with E-state index in [2.05, 4.69) is 6.58 Å². The SMILES string of the molecule is C=C(C)n1c(=O)n(CC(C)CCl)c2ccccc21. The molecule has 0 saturated carbocycles. The molecule has 0 fully saturated rings. The Kier molecular flexibility index (Phi) is 3.62. The van der Waals surface area contributed by atoms with E-state index in [0.717, 1.165) is 16.7 Å². The highest BCUT2D eigenvalue weighted by Gasteiger charge is 2.14. The summed E-state index contributed by atoms with van der Waals surface area (Å²) in [5.74, 6) is 0.799. The summed E-state index contributed by atoms with van der Waals surface area (Å²) in [7, 11) is 0. The predicted molar refractivity (Wildman–Crippen MR) is 77.1 cm³/mol. The van der Waals surface area contributed by atoms with Gasteiger partial charge in [0, 0.05) is 18.1 Å². The number of para-hydroxylation sites is 2. The molecule has 0 N–H and O–H groups in total. The highest BCUT2D eigenvalue weighted by Crippen LogP contribution is 2.17. The number of hydrogen-bond acceptors (Lipinski definition) is 1. The molecule has 0 spiro atoms. The van der Waals surface area contributed by atoms with Crippen molar-refractivity contribution in [3.8, 4) is 0 Å². The van der Waals surface area contributed by atoms with E-state index in [-0.39, 0.29) is 11.6 Å². The Hall–Kier alpha value is -1.48. The van der Waals surface area contributed by atoms with E-state index >= 15 is 0 Å². The molecule has 4 heteroatoms. The van der Waals surface area contributed by atoms with Gasteiger partial charge in [0.1, 0.15) is 0 Å². The van der Waals surface area contributed by atoms with Crippen molar-refractivity contribution in [1.82, 2.24) is 9.13 Å². The van der Waals surface area contributed by atoms with Crippen LogP contribution < -0.4 is 5.69 Å². The number of aromatic nitrogens is 2. The van der Waals surface area contributed by atoms with E-state index in [1.165, 1.54) is 0 Å². The third-order valence-electron chi connectivity index (χ3n) is 2.98. The first kappa shape index (κ1) is 13.0. The molecule has 0 saturated heterocycles. The average Bonchev–Trinajstić information content (AvgIpc) is 2.62. The Morgan fingerprint density at radius 2 is 2.00 bits per heavy atom. The van der Waals surface area contributed by atoms with Crippen molar-refractivity contribution in [2.75, 3.05) is 5.88 Å². The van der Waals surface area contributed by atoms with Crippen molar-refractivity contribution in [1.29, 1.82) is 0 Å². The quantitative estimate of drug-likeness (QED) is 0.780. The lowest BCUT2D eigenvalue weighted by Crippen LogP contribution is -2.25. The van der Waals surface area contributed by atoms with Crippen LogP contribution in [-0.4, -0.2) is 15.0 Å². The summed E-state index contributed by atoms with van der Waals surface area (Å²) in [4.78, 5) is 12.4. The van der Waals surface area contributed by atoms with Crippen molar-refractivity contribution >= 4 is 28.3 Å². The maximum absolute atomic E-state index is 12.4. The van der Waals surface area contributed by atoms with E-state index in [1.54, 1.807) is 9.13 Å². The molecule has 0 bridgehead atoms. The molecular weight excluding hydrogens is 248 g/mol. The van der Waals surface area contributed by atoms with Crippen LogP contribution >= 0.6 is 11.6 Å². The number of nitrogens with zero attached hydrogens (tertiary/aromatic N) is 2. The first-order chi connectivity index (χ1) is 8.56. The minimum atomic E-state index is -0.0410. The van der Waals surface area contributed by atoms with Crippen molar-refractivity contribution < 1.29 is 0 Å². The molecule has 1 aromatic carbocycles. The van der Waals surface area contributed by atoms with E-state index in [0.29, 0.717) is 12.4 Å². The van der Waals surface area contributed by atoms with Crippen molar-refractivity contribution in [3.63, 3.8) is 0 Å². The molecule has 1 atom stereocenters. The Labute approximate surface area is 111 Å². The van der Waals surface area contributed by atoms with Gasteiger partial charge in [-0.2, -0.15) is 0 Å². The highest BCUT2D eigenvalue weighted by molar-refractivity contribution is 6.18. The van der Waals surface area contributed by atoms with Gasteiger partial charge in [0.25, 0.3) is 0 Å². The summed E-state index contributed by atoms with van der Waals surface area (Å²) >= 11 is 5.84. The largest absolute Gasteiger partial charge is 0.333 e. The van der Waals surface area contributed by atoms with Gasteiger partial charge < -0.3 is 0 Å². The molecular formula is C14H17ClN2O. The molecule has 0 aliphatic heterocycles. The topological polar surface area (TPSA) is 26.9 Å². The maximum atomic E-state index is 12.4. The number of rotatable bonds is 4. The summed E-state index contributed by atoms with van der Waals surface area (Å²) in [6, 6.07) is 7.76. The van der Waals surface area contributed by atoms with Gasteiger partial charge in [-0.3, -0.25) is 9.13 Å². The zero-order valence-corrected chi connectivity index (χ0v) is 11.4. The average molecular weight is 265 g/mol. The molecule has 1 aromatic heterocycles.